The van der Waals surface area contributed by atoms with Crippen LogP contribution in [-0.2, 0) is 6.61 Å². The summed E-state index contributed by atoms with van der Waals surface area (Å²) < 4.78 is 1.58. The number of H-pyrrole nitrogens is 1. The van der Waals surface area contributed by atoms with Gasteiger partial charge in [0.2, 0.25) is 0 Å². The molecule has 0 unspecified atom stereocenters. The van der Waals surface area contributed by atoms with Crippen LogP contribution >= 0.6 is 0 Å². The van der Waals surface area contributed by atoms with Gasteiger partial charge in [0.25, 0.3) is 0 Å². The number of benzene rings is 2. The molecule has 0 saturated carbocycles. The fourth-order valence-electron chi connectivity index (χ4n) is 2.94. The van der Waals surface area contributed by atoms with E-state index in [4.69, 9.17) is 5.11 Å². The Morgan fingerprint density at radius 2 is 1.83 bits per heavy atom. The topological polar surface area (TPSA) is 70.4 Å². The van der Waals surface area contributed by atoms with E-state index in [1.54, 1.807) is 4.40 Å². The summed E-state index contributed by atoms with van der Waals surface area (Å²) >= 11 is 0. The summed E-state index contributed by atoms with van der Waals surface area (Å²) in [5, 5.41) is 16.7. The molecule has 23 heavy (non-hydrogen) atoms. The number of hydrogen-bond donors (Lipinski definition) is 2. The van der Waals surface area contributed by atoms with Crippen molar-refractivity contribution in [2.75, 3.05) is 0 Å². The predicted molar refractivity (Wildman–Crippen MR) is 89.4 cm³/mol. The van der Waals surface area contributed by atoms with Crippen molar-refractivity contribution >= 4 is 16.6 Å². The Morgan fingerprint density at radius 3 is 2.57 bits per heavy atom. The van der Waals surface area contributed by atoms with Crippen molar-refractivity contribution in [1.82, 2.24) is 14.6 Å². The van der Waals surface area contributed by atoms with E-state index < -0.39 is 0 Å². The first kappa shape index (κ1) is 13.7. The third kappa shape index (κ3) is 2.13. The van der Waals surface area contributed by atoms with Gasteiger partial charge in [-0.15, -0.1) is 0 Å². The zero-order valence-electron chi connectivity index (χ0n) is 12.6. The Kier molecular flexibility index (Phi) is 3.02. The van der Waals surface area contributed by atoms with E-state index in [0.717, 1.165) is 33.2 Å². The van der Waals surface area contributed by atoms with Crippen LogP contribution in [0.15, 0.2) is 53.3 Å². The number of nitrogens with one attached hydrogen (secondary N) is 1. The summed E-state index contributed by atoms with van der Waals surface area (Å²) in [6, 6.07) is 15.7. The van der Waals surface area contributed by atoms with Crippen LogP contribution in [0.25, 0.3) is 27.7 Å². The van der Waals surface area contributed by atoms with Gasteiger partial charge < -0.3 is 5.11 Å². The highest BCUT2D eigenvalue weighted by molar-refractivity contribution is 5.89. The van der Waals surface area contributed by atoms with E-state index in [9.17, 15) is 4.79 Å². The third-order valence-corrected chi connectivity index (χ3v) is 4.18. The number of aromatic amines is 1. The predicted octanol–water partition coefficient (Wildman–Crippen LogP) is 2.64. The van der Waals surface area contributed by atoms with Crippen molar-refractivity contribution in [1.29, 1.82) is 0 Å². The lowest BCUT2D eigenvalue weighted by Gasteiger charge is -2.08. The molecular formula is C18H15N3O2. The minimum absolute atomic E-state index is 0.0402. The molecule has 0 fully saturated rings. The maximum atomic E-state index is 12.0. The number of aromatic nitrogens is 3. The Hall–Kier alpha value is -2.92. The largest absolute Gasteiger partial charge is 0.392 e. The van der Waals surface area contributed by atoms with Crippen LogP contribution in [0.4, 0.5) is 0 Å². The summed E-state index contributed by atoms with van der Waals surface area (Å²) in [7, 11) is 0. The molecular weight excluding hydrogens is 290 g/mol. The van der Waals surface area contributed by atoms with E-state index in [1.165, 1.54) is 0 Å². The van der Waals surface area contributed by atoms with Gasteiger partial charge in [-0.05, 0) is 47.4 Å². The Labute approximate surface area is 131 Å². The molecule has 0 bridgehead atoms. The summed E-state index contributed by atoms with van der Waals surface area (Å²) in [6.07, 6.45) is 0. The van der Waals surface area contributed by atoms with Crippen LogP contribution in [0, 0.1) is 6.92 Å². The smallest absolute Gasteiger partial charge is 0.348 e. The van der Waals surface area contributed by atoms with Crippen LogP contribution in [-0.4, -0.2) is 19.7 Å². The SMILES string of the molecule is Cc1cc2n[nH]c(=O)n2c2ccc(-c3ccc(CO)cc3)cc12. The molecule has 4 aromatic rings. The van der Waals surface area contributed by atoms with Crippen LogP contribution < -0.4 is 5.69 Å². The van der Waals surface area contributed by atoms with Gasteiger partial charge in [0.05, 0.1) is 12.1 Å². The molecule has 0 radical (unpaired) electrons. The molecule has 0 aliphatic heterocycles. The zero-order chi connectivity index (χ0) is 16.0. The average molecular weight is 305 g/mol. The van der Waals surface area contributed by atoms with Gasteiger partial charge in [-0.25, -0.2) is 14.3 Å². The highest BCUT2D eigenvalue weighted by atomic mass is 16.3. The molecule has 2 heterocycles. The first-order chi connectivity index (χ1) is 11.2. The molecule has 0 amide bonds. The number of nitrogens with zero attached hydrogens (tertiary/aromatic N) is 2. The van der Waals surface area contributed by atoms with Crippen LogP contribution in [0.2, 0.25) is 0 Å². The molecule has 5 heteroatoms. The van der Waals surface area contributed by atoms with Gasteiger partial charge >= 0.3 is 5.69 Å². The second-order valence-corrected chi connectivity index (χ2v) is 5.64. The fourth-order valence-corrected chi connectivity index (χ4v) is 2.94. The molecule has 0 aliphatic carbocycles. The second kappa shape index (κ2) is 5.07. The van der Waals surface area contributed by atoms with E-state index in [1.807, 2.05) is 49.4 Å². The maximum absolute atomic E-state index is 12.0. The number of pyridine rings is 1. The summed E-state index contributed by atoms with van der Waals surface area (Å²) in [5.74, 6) is 0. The number of aliphatic hydroxyl groups is 1. The van der Waals surface area contributed by atoms with Gasteiger partial charge in [-0.2, -0.15) is 5.10 Å². The monoisotopic (exact) mass is 305 g/mol. The highest BCUT2D eigenvalue weighted by Crippen LogP contribution is 2.27. The standard InChI is InChI=1S/C18H15N3O2/c1-11-8-17-19-20-18(23)21(17)16-7-6-14(9-15(11)16)13-4-2-12(10-22)3-5-13/h2-9,22H,10H2,1H3,(H,20,23). The van der Waals surface area contributed by atoms with E-state index in [2.05, 4.69) is 16.3 Å². The third-order valence-electron chi connectivity index (χ3n) is 4.18. The molecule has 0 saturated heterocycles. The zero-order valence-corrected chi connectivity index (χ0v) is 12.6. The molecule has 114 valence electrons. The van der Waals surface area contributed by atoms with E-state index in [-0.39, 0.29) is 12.3 Å². The Bertz CT molecular complexity index is 1080. The molecule has 5 nitrogen and oxygen atoms in total. The van der Waals surface area contributed by atoms with Crippen molar-refractivity contribution in [2.24, 2.45) is 0 Å². The number of hydrogen-bond acceptors (Lipinski definition) is 3. The number of aliphatic hydroxyl groups excluding tert-OH is 1. The normalized spacial score (nSPS) is 11.4. The van der Waals surface area contributed by atoms with Gasteiger partial charge in [0.15, 0.2) is 5.65 Å². The molecule has 0 atom stereocenters. The van der Waals surface area contributed by atoms with Crippen molar-refractivity contribution in [3.05, 3.63) is 70.1 Å². The Balaban J connectivity index is 1.96. The average Bonchev–Trinajstić information content (AvgIpc) is 2.95. The van der Waals surface area contributed by atoms with Gasteiger partial charge in [0.1, 0.15) is 0 Å². The van der Waals surface area contributed by atoms with Crippen LogP contribution in [0.3, 0.4) is 0 Å². The minimum Gasteiger partial charge on any atom is -0.392 e. The fraction of sp³-hybridized carbons (Fsp3) is 0.111. The summed E-state index contributed by atoms with van der Waals surface area (Å²) in [5.41, 5.74) is 5.33. The van der Waals surface area contributed by atoms with Gasteiger partial charge in [0, 0.05) is 5.39 Å². The summed E-state index contributed by atoms with van der Waals surface area (Å²) in [6.45, 7) is 2.05. The second-order valence-electron chi connectivity index (χ2n) is 5.64. The lowest BCUT2D eigenvalue weighted by atomic mass is 10.0. The number of rotatable bonds is 2. The maximum Gasteiger partial charge on any atom is 0.348 e. The van der Waals surface area contributed by atoms with Crippen molar-refractivity contribution in [2.45, 2.75) is 13.5 Å². The van der Waals surface area contributed by atoms with E-state index >= 15 is 0 Å². The van der Waals surface area contributed by atoms with Crippen LogP contribution in [0.5, 0.6) is 0 Å². The molecule has 2 N–H and O–H groups in total. The lowest BCUT2D eigenvalue weighted by Crippen LogP contribution is -2.10. The summed E-state index contributed by atoms with van der Waals surface area (Å²) in [4.78, 5) is 12.0. The molecule has 2 aromatic heterocycles. The van der Waals surface area contributed by atoms with Crippen molar-refractivity contribution in [3.8, 4) is 11.1 Å². The minimum atomic E-state index is -0.231. The van der Waals surface area contributed by atoms with E-state index in [0.29, 0.717) is 5.65 Å². The lowest BCUT2D eigenvalue weighted by molar-refractivity contribution is 0.282. The number of aryl methyl sites for hydroxylation is 1. The van der Waals surface area contributed by atoms with Gasteiger partial charge in [-0.3, -0.25) is 0 Å². The Morgan fingerprint density at radius 1 is 1.09 bits per heavy atom. The van der Waals surface area contributed by atoms with Crippen LogP contribution in [0.1, 0.15) is 11.1 Å². The molecule has 0 aliphatic rings. The van der Waals surface area contributed by atoms with Crippen molar-refractivity contribution in [3.63, 3.8) is 0 Å². The first-order valence-corrected chi connectivity index (χ1v) is 7.38. The van der Waals surface area contributed by atoms with Crippen molar-refractivity contribution < 1.29 is 5.11 Å². The molecule has 4 rings (SSSR count). The number of fused-ring (bicyclic) bond motifs is 3. The molecule has 0 spiro atoms. The quantitative estimate of drug-likeness (QED) is 0.598. The molecule has 2 aromatic carbocycles. The highest BCUT2D eigenvalue weighted by Gasteiger charge is 2.09. The first-order valence-electron chi connectivity index (χ1n) is 7.38. The van der Waals surface area contributed by atoms with Gasteiger partial charge in [-0.1, -0.05) is 30.3 Å².